The second-order valence-corrected chi connectivity index (χ2v) is 7.73. The maximum absolute atomic E-state index is 12.3. The predicted molar refractivity (Wildman–Crippen MR) is 105 cm³/mol. The predicted octanol–water partition coefficient (Wildman–Crippen LogP) is 3.28. The average Bonchev–Trinajstić information content (AvgIpc) is 2.66. The molecule has 4 rings (SSSR count). The zero-order chi connectivity index (χ0) is 18.9. The van der Waals surface area contributed by atoms with Crippen LogP contribution >= 0.6 is 0 Å². The molecule has 1 atom stereocenters. The van der Waals surface area contributed by atoms with Gasteiger partial charge < -0.3 is 15.2 Å². The quantitative estimate of drug-likeness (QED) is 0.875. The van der Waals surface area contributed by atoms with E-state index in [1.54, 1.807) is 0 Å². The highest BCUT2D eigenvalue weighted by Crippen LogP contribution is 2.43. The fourth-order valence-corrected chi connectivity index (χ4v) is 4.05. The van der Waals surface area contributed by atoms with E-state index in [1.165, 1.54) is 5.56 Å². The summed E-state index contributed by atoms with van der Waals surface area (Å²) >= 11 is 0. The van der Waals surface area contributed by atoms with E-state index in [9.17, 15) is 9.90 Å². The van der Waals surface area contributed by atoms with Crippen LogP contribution in [0.3, 0.4) is 0 Å². The average molecular weight is 366 g/mol. The van der Waals surface area contributed by atoms with Gasteiger partial charge in [0.1, 0.15) is 11.4 Å². The monoisotopic (exact) mass is 366 g/mol. The molecule has 0 bridgehead atoms. The van der Waals surface area contributed by atoms with Crippen LogP contribution in [0.25, 0.3) is 0 Å². The topological polar surface area (TPSA) is 61.8 Å². The molecule has 0 aliphatic carbocycles. The van der Waals surface area contributed by atoms with Crippen LogP contribution in [0.15, 0.2) is 48.5 Å². The number of rotatable bonds is 3. The number of ether oxygens (including phenoxy) is 1. The molecule has 2 N–H and O–H groups in total. The highest BCUT2D eigenvalue weighted by atomic mass is 16.5. The lowest BCUT2D eigenvalue weighted by molar-refractivity contribution is -0.119. The van der Waals surface area contributed by atoms with Crippen LogP contribution < -0.4 is 10.1 Å². The minimum atomic E-state index is -0.480. The maximum atomic E-state index is 12.3. The third-order valence-electron chi connectivity index (χ3n) is 5.64. The van der Waals surface area contributed by atoms with Gasteiger partial charge in [-0.05, 0) is 38.0 Å². The SMILES string of the molecule is Cc1ccc(NC(=O)CN2CCC3(CC2)CC(O)c2ccccc2O3)cc1. The molecule has 2 aromatic carbocycles. The van der Waals surface area contributed by atoms with Gasteiger partial charge in [0, 0.05) is 30.8 Å². The Morgan fingerprint density at radius 2 is 1.89 bits per heavy atom. The zero-order valence-corrected chi connectivity index (χ0v) is 15.6. The number of piperidine rings is 1. The molecule has 2 aromatic rings. The lowest BCUT2D eigenvalue weighted by atomic mass is 9.81. The summed E-state index contributed by atoms with van der Waals surface area (Å²) in [7, 11) is 0. The number of aliphatic hydroxyl groups is 1. The van der Waals surface area contributed by atoms with Gasteiger partial charge in [0.15, 0.2) is 0 Å². The van der Waals surface area contributed by atoms with Crippen molar-refractivity contribution < 1.29 is 14.6 Å². The molecule has 1 spiro atoms. The summed E-state index contributed by atoms with van der Waals surface area (Å²) in [5, 5.41) is 13.5. The van der Waals surface area contributed by atoms with Crippen molar-refractivity contribution in [1.82, 2.24) is 4.90 Å². The molecule has 2 heterocycles. The zero-order valence-electron chi connectivity index (χ0n) is 15.6. The van der Waals surface area contributed by atoms with Gasteiger partial charge in [0.2, 0.25) is 5.91 Å². The van der Waals surface area contributed by atoms with E-state index in [4.69, 9.17) is 4.74 Å². The van der Waals surface area contributed by atoms with Crippen molar-refractivity contribution >= 4 is 11.6 Å². The van der Waals surface area contributed by atoms with E-state index in [0.29, 0.717) is 13.0 Å². The van der Waals surface area contributed by atoms with Gasteiger partial charge in [-0.25, -0.2) is 0 Å². The minimum Gasteiger partial charge on any atom is -0.487 e. The number of hydrogen-bond acceptors (Lipinski definition) is 4. The fourth-order valence-electron chi connectivity index (χ4n) is 4.05. The van der Waals surface area contributed by atoms with Gasteiger partial charge in [-0.1, -0.05) is 35.9 Å². The number of amides is 1. The maximum Gasteiger partial charge on any atom is 0.238 e. The number of anilines is 1. The highest BCUT2D eigenvalue weighted by molar-refractivity contribution is 5.92. The number of carbonyl (C=O) groups excluding carboxylic acids is 1. The van der Waals surface area contributed by atoms with Crippen LogP contribution in [0.2, 0.25) is 0 Å². The number of nitrogens with zero attached hydrogens (tertiary/aromatic N) is 1. The summed E-state index contributed by atoms with van der Waals surface area (Å²) in [5.41, 5.74) is 2.56. The Balaban J connectivity index is 1.33. The van der Waals surface area contributed by atoms with Crippen molar-refractivity contribution in [3.8, 4) is 5.75 Å². The number of aliphatic hydroxyl groups excluding tert-OH is 1. The Bertz CT molecular complexity index is 811. The smallest absolute Gasteiger partial charge is 0.238 e. The fraction of sp³-hybridized carbons (Fsp3) is 0.409. The summed E-state index contributed by atoms with van der Waals surface area (Å²) in [6.45, 7) is 3.98. The molecule has 0 aromatic heterocycles. The molecule has 142 valence electrons. The second kappa shape index (κ2) is 7.33. The molecule has 5 nitrogen and oxygen atoms in total. The Kier molecular flexibility index (Phi) is 4.89. The van der Waals surface area contributed by atoms with Crippen molar-refractivity contribution in [2.24, 2.45) is 0 Å². The normalized spacial score (nSPS) is 21.3. The van der Waals surface area contributed by atoms with Crippen LogP contribution in [0, 0.1) is 6.92 Å². The van der Waals surface area contributed by atoms with Gasteiger partial charge in [0.05, 0.1) is 12.6 Å². The van der Waals surface area contributed by atoms with E-state index in [1.807, 2.05) is 55.5 Å². The lowest BCUT2D eigenvalue weighted by Crippen LogP contribution is -2.51. The number of aryl methyl sites for hydroxylation is 1. The van der Waals surface area contributed by atoms with E-state index in [-0.39, 0.29) is 11.5 Å². The molecular formula is C22H26N2O3. The first-order valence-electron chi connectivity index (χ1n) is 9.58. The Morgan fingerprint density at radius 1 is 1.19 bits per heavy atom. The largest absolute Gasteiger partial charge is 0.487 e. The van der Waals surface area contributed by atoms with Crippen molar-refractivity contribution in [2.75, 3.05) is 25.0 Å². The summed E-state index contributed by atoms with van der Waals surface area (Å²) in [6, 6.07) is 15.6. The van der Waals surface area contributed by atoms with Gasteiger partial charge in [0.25, 0.3) is 0 Å². The van der Waals surface area contributed by atoms with Crippen LogP contribution in [0.5, 0.6) is 5.75 Å². The molecule has 2 aliphatic heterocycles. The van der Waals surface area contributed by atoms with Gasteiger partial charge >= 0.3 is 0 Å². The molecule has 1 saturated heterocycles. The Morgan fingerprint density at radius 3 is 2.63 bits per heavy atom. The molecule has 0 radical (unpaired) electrons. The number of likely N-dealkylation sites (tertiary alicyclic amines) is 1. The minimum absolute atomic E-state index is 0.00439. The van der Waals surface area contributed by atoms with Crippen molar-refractivity contribution in [3.63, 3.8) is 0 Å². The molecule has 1 unspecified atom stereocenters. The number of fused-ring (bicyclic) bond motifs is 1. The molecular weight excluding hydrogens is 340 g/mol. The van der Waals surface area contributed by atoms with Crippen LogP contribution in [0.4, 0.5) is 5.69 Å². The third kappa shape index (κ3) is 3.99. The molecule has 27 heavy (non-hydrogen) atoms. The van der Waals surface area contributed by atoms with Crippen LogP contribution in [-0.2, 0) is 4.79 Å². The number of carbonyl (C=O) groups is 1. The molecule has 1 amide bonds. The van der Waals surface area contributed by atoms with Gasteiger partial charge in [-0.15, -0.1) is 0 Å². The first-order chi connectivity index (χ1) is 13.0. The summed E-state index contributed by atoms with van der Waals surface area (Å²) in [5.74, 6) is 0.798. The van der Waals surface area contributed by atoms with E-state index in [0.717, 1.165) is 42.9 Å². The lowest BCUT2D eigenvalue weighted by Gasteiger charge is -2.45. The highest BCUT2D eigenvalue weighted by Gasteiger charge is 2.42. The number of hydrogen-bond donors (Lipinski definition) is 2. The summed E-state index contributed by atoms with van der Waals surface area (Å²) in [6.07, 6.45) is 1.77. The molecule has 1 fully saturated rings. The molecule has 5 heteroatoms. The second-order valence-electron chi connectivity index (χ2n) is 7.73. The first-order valence-corrected chi connectivity index (χ1v) is 9.58. The standard InChI is InChI=1S/C22H26N2O3/c1-16-6-8-17(9-7-16)23-21(26)15-24-12-10-22(11-13-24)14-19(25)18-4-2-3-5-20(18)27-22/h2-9,19,25H,10-15H2,1H3,(H,23,26). The van der Waals surface area contributed by atoms with Gasteiger partial charge in [-0.2, -0.15) is 0 Å². The van der Waals surface area contributed by atoms with E-state index >= 15 is 0 Å². The van der Waals surface area contributed by atoms with Crippen molar-refractivity contribution in [2.45, 2.75) is 37.9 Å². The number of benzene rings is 2. The third-order valence-corrected chi connectivity index (χ3v) is 5.64. The van der Waals surface area contributed by atoms with Crippen molar-refractivity contribution in [1.29, 1.82) is 0 Å². The van der Waals surface area contributed by atoms with Crippen molar-refractivity contribution in [3.05, 3.63) is 59.7 Å². The van der Waals surface area contributed by atoms with E-state index in [2.05, 4.69) is 10.2 Å². The number of para-hydroxylation sites is 1. The van der Waals surface area contributed by atoms with Gasteiger partial charge in [-0.3, -0.25) is 9.69 Å². The van der Waals surface area contributed by atoms with Crippen LogP contribution in [-0.4, -0.2) is 41.1 Å². The Hall–Kier alpha value is -2.37. The molecule has 0 saturated carbocycles. The van der Waals surface area contributed by atoms with Crippen LogP contribution in [0.1, 0.15) is 36.5 Å². The number of nitrogens with one attached hydrogen (secondary N) is 1. The summed E-state index contributed by atoms with van der Waals surface area (Å²) < 4.78 is 6.30. The molecule has 2 aliphatic rings. The van der Waals surface area contributed by atoms with E-state index < -0.39 is 6.10 Å². The Labute approximate surface area is 160 Å². The first kappa shape index (κ1) is 18.0. The summed E-state index contributed by atoms with van der Waals surface area (Å²) in [4.78, 5) is 14.5.